The molecule has 0 aliphatic carbocycles. The number of hydrogen-bond acceptors (Lipinski definition) is 4. The Balaban J connectivity index is 1.85. The highest BCUT2D eigenvalue weighted by Gasteiger charge is 2.31. The van der Waals surface area contributed by atoms with Gasteiger partial charge in [0.2, 0.25) is 0 Å². The number of rotatable bonds is 6. The SMILES string of the molecule is COc1ccc(CN(C)C(=O)C(=O)c2c(C)nn(-c3cccc(C(F)(F)F)c3)c2C)cc1. The van der Waals surface area contributed by atoms with Gasteiger partial charge in [0.15, 0.2) is 0 Å². The third kappa shape index (κ3) is 4.66. The molecule has 0 saturated carbocycles. The van der Waals surface area contributed by atoms with E-state index in [1.807, 2.05) is 0 Å². The Labute approximate surface area is 183 Å². The Kier molecular flexibility index (Phi) is 6.38. The fourth-order valence-corrected chi connectivity index (χ4v) is 3.39. The number of nitrogens with zero attached hydrogens (tertiary/aromatic N) is 3. The Morgan fingerprint density at radius 1 is 1.09 bits per heavy atom. The van der Waals surface area contributed by atoms with Gasteiger partial charge in [-0.3, -0.25) is 9.59 Å². The van der Waals surface area contributed by atoms with Crippen molar-refractivity contribution >= 4 is 11.7 Å². The van der Waals surface area contributed by atoms with Crippen molar-refractivity contribution in [3.8, 4) is 11.4 Å². The molecule has 0 saturated heterocycles. The van der Waals surface area contributed by atoms with Crippen LogP contribution < -0.4 is 4.74 Å². The molecule has 3 rings (SSSR count). The van der Waals surface area contributed by atoms with Crippen LogP contribution in [-0.2, 0) is 17.5 Å². The minimum absolute atomic E-state index is 0.0778. The second-order valence-electron chi connectivity index (χ2n) is 7.34. The van der Waals surface area contributed by atoms with Crippen LogP contribution in [0.4, 0.5) is 13.2 Å². The Hall–Kier alpha value is -3.62. The van der Waals surface area contributed by atoms with Crippen molar-refractivity contribution in [1.29, 1.82) is 0 Å². The summed E-state index contributed by atoms with van der Waals surface area (Å²) in [5.74, 6) is -0.836. The van der Waals surface area contributed by atoms with Crippen molar-refractivity contribution in [2.45, 2.75) is 26.6 Å². The van der Waals surface area contributed by atoms with Gasteiger partial charge in [-0.1, -0.05) is 18.2 Å². The summed E-state index contributed by atoms with van der Waals surface area (Å²) in [6.07, 6.45) is -4.51. The third-order valence-electron chi connectivity index (χ3n) is 5.06. The number of alkyl halides is 3. The van der Waals surface area contributed by atoms with Crippen LogP contribution in [0.1, 0.15) is 32.9 Å². The van der Waals surface area contributed by atoms with Crippen molar-refractivity contribution in [2.24, 2.45) is 0 Å². The molecule has 2 aromatic carbocycles. The molecule has 0 radical (unpaired) electrons. The second kappa shape index (κ2) is 8.86. The maximum Gasteiger partial charge on any atom is 0.416 e. The zero-order valence-corrected chi connectivity index (χ0v) is 18.0. The van der Waals surface area contributed by atoms with E-state index in [2.05, 4.69) is 5.10 Å². The van der Waals surface area contributed by atoms with Crippen molar-refractivity contribution < 1.29 is 27.5 Å². The van der Waals surface area contributed by atoms with E-state index in [0.29, 0.717) is 5.75 Å². The number of Topliss-reactive ketones (excluding diaryl/α,β-unsaturated/α-hetero) is 1. The lowest BCUT2D eigenvalue weighted by atomic mass is 10.1. The molecule has 0 unspecified atom stereocenters. The molecule has 0 atom stereocenters. The number of hydrogen-bond donors (Lipinski definition) is 0. The first-order valence-electron chi connectivity index (χ1n) is 9.69. The highest BCUT2D eigenvalue weighted by molar-refractivity contribution is 6.43. The molecule has 6 nitrogen and oxygen atoms in total. The summed E-state index contributed by atoms with van der Waals surface area (Å²) in [4.78, 5) is 27.0. The third-order valence-corrected chi connectivity index (χ3v) is 5.06. The summed E-state index contributed by atoms with van der Waals surface area (Å²) in [5.41, 5.74) is 0.759. The van der Waals surface area contributed by atoms with Gasteiger partial charge in [0.25, 0.3) is 11.7 Å². The number of methoxy groups -OCH3 is 1. The average Bonchev–Trinajstić information content (AvgIpc) is 3.06. The number of benzene rings is 2. The van der Waals surface area contributed by atoms with Crippen LogP contribution in [0.5, 0.6) is 5.75 Å². The normalized spacial score (nSPS) is 11.3. The van der Waals surface area contributed by atoms with Gasteiger partial charge in [-0.2, -0.15) is 18.3 Å². The molecule has 1 amide bonds. The molecule has 0 aliphatic rings. The molecule has 9 heteroatoms. The molecular weight excluding hydrogens is 423 g/mol. The lowest BCUT2D eigenvalue weighted by Gasteiger charge is -2.17. The number of ether oxygens (including phenoxy) is 1. The van der Waals surface area contributed by atoms with Crippen LogP contribution in [0.3, 0.4) is 0 Å². The first-order chi connectivity index (χ1) is 15.0. The molecule has 0 aliphatic heterocycles. The number of carbonyl (C=O) groups excluding carboxylic acids is 2. The number of ketones is 1. The van der Waals surface area contributed by atoms with Gasteiger partial charge in [-0.25, -0.2) is 4.68 Å². The number of likely N-dealkylation sites (N-methyl/N-ethyl adjacent to an activating group) is 1. The Morgan fingerprint density at radius 2 is 1.75 bits per heavy atom. The van der Waals surface area contributed by atoms with E-state index >= 15 is 0 Å². The lowest BCUT2D eigenvalue weighted by molar-refractivity contribution is -0.137. The van der Waals surface area contributed by atoms with E-state index in [1.54, 1.807) is 45.2 Å². The molecule has 0 N–H and O–H groups in total. The first-order valence-corrected chi connectivity index (χ1v) is 9.69. The number of aromatic nitrogens is 2. The van der Waals surface area contributed by atoms with Gasteiger partial charge >= 0.3 is 6.18 Å². The van der Waals surface area contributed by atoms with Gasteiger partial charge in [0.05, 0.1) is 35.3 Å². The van der Waals surface area contributed by atoms with E-state index in [4.69, 9.17) is 4.74 Å². The largest absolute Gasteiger partial charge is 0.497 e. The van der Waals surface area contributed by atoms with E-state index in [0.717, 1.165) is 17.7 Å². The smallest absolute Gasteiger partial charge is 0.416 e. The van der Waals surface area contributed by atoms with Gasteiger partial charge in [-0.15, -0.1) is 0 Å². The monoisotopic (exact) mass is 445 g/mol. The molecule has 3 aromatic rings. The van der Waals surface area contributed by atoms with Gasteiger partial charge < -0.3 is 9.64 Å². The van der Waals surface area contributed by atoms with E-state index in [-0.39, 0.29) is 29.2 Å². The minimum atomic E-state index is -4.51. The van der Waals surface area contributed by atoms with E-state index in [9.17, 15) is 22.8 Å². The molecule has 0 spiro atoms. The summed E-state index contributed by atoms with van der Waals surface area (Å²) in [6, 6.07) is 11.7. The molecule has 0 bridgehead atoms. The summed E-state index contributed by atoms with van der Waals surface area (Å²) < 4.78 is 45.6. The summed E-state index contributed by atoms with van der Waals surface area (Å²) in [7, 11) is 3.06. The van der Waals surface area contributed by atoms with E-state index < -0.39 is 23.4 Å². The molecular formula is C23H22F3N3O3. The van der Waals surface area contributed by atoms with Gasteiger partial charge in [0.1, 0.15) is 5.75 Å². The van der Waals surface area contributed by atoms with Gasteiger partial charge in [-0.05, 0) is 49.7 Å². The first kappa shape index (κ1) is 23.1. The topological polar surface area (TPSA) is 64.4 Å². The van der Waals surface area contributed by atoms with Gasteiger partial charge in [0, 0.05) is 13.6 Å². The lowest BCUT2D eigenvalue weighted by Crippen LogP contribution is -2.33. The second-order valence-corrected chi connectivity index (χ2v) is 7.34. The number of halogens is 3. The maximum atomic E-state index is 13.1. The standard InChI is InChI=1S/C23H22F3N3O3/c1-14-20(15(2)29(27-14)18-7-5-6-17(12-18)23(24,25)26)21(30)22(31)28(3)13-16-8-10-19(32-4)11-9-16/h5-12H,13H2,1-4H3. The zero-order chi connectivity index (χ0) is 23.6. The minimum Gasteiger partial charge on any atom is -0.497 e. The predicted octanol–water partition coefficient (Wildman–Crippen LogP) is 4.36. The molecule has 168 valence electrons. The average molecular weight is 445 g/mol. The quantitative estimate of drug-likeness (QED) is 0.418. The van der Waals surface area contributed by atoms with Crippen LogP contribution in [0.2, 0.25) is 0 Å². The van der Waals surface area contributed by atoms with Crippen LogP contribution >= 0.6 is 0 Å². The fourth-order valence-electron chi connectivity index (χ4n) is 3.39. The van der Waals surface area contributed by atoms with Crippen LogP contribution in [0, 0.1) is 13.8 Å². The summed E-state index contributed by atoms with van der Waals surface area (Å²) in [6.45, 7) is 3.29. The molecule has 32 heavy (non-hydrogen) atoms. The molecule has 1 aromatic heterocycles. The van der Waals surface area contributed by atoms with Crippen LogP contribution in [-0.4, -0.2) is 40.5 Å². The fraction of sp³-hybridized carbons (Fsp3) is 0.261. The Bertz CT molecular complexity index is 1150. The number of amides is 1. The van der Waals surface area contributed by atoms with E-state index in [1.165, 1.54) is 28.8 Å². The zero-order valence-electron chi connectivity index (χ0n) is 18.0. The Morgan fingerprint density at radius 3 is 2.34 bits per heavy atom. The van der Waals surface area contributed by atoms with Crippen LogP contribution in [0.15, 0.2) is 48.5 Å². The maximum absolute atomic E-state index is 13.1. The predicted molar refractivity (Wildman–Crippen MR) is 112 cm³/mol. The van der Waals surface area contributed by atoms with Crippen molar-refractivity contribution in [3.63, 3.8) is 0 Å². The highest BCUT2D eigenvalue weighted by atomic mass is 19.4. The summed E-state index contributed by atoms with van der Waals surface area (Å²) in [5, 5.41) is 4.21. The van der Waals surface area contributed by atoms with Crippen molar-refractivity contribution in [1.82, 2.24) is 14.7 Å². The number of carbonyl (C=O) groups is 2. The molecule has 1 heterocycles. The highest BCUT2D eigenvalue weighted by Crippen LogP contribution is 2.31. The van der Waals surface area contributed by atoms with Crippen LogP contribution in [0.25, 0.3) is 5.69 Å². The van der Waals surface area contributed by atoms with Crippen molar-refractivity contribution in [2.75, 3.05) is 14.2 Å². The summed E-state index contributed by atoms with van der Waals surface area (Å²) >= 11 is 0. The molecule has 0 fully saturated rings. The number of aryl methyl sites for hydroxylation is 1. The van der Waals surface area contributed by atoms with Crippen molar-refractivity contribution in [3.05, 3.63) is 76.6 Å².